The second-order valence-corrected chi connectivity index (χ2v) is 11.1. The van der Waals surface area contributed by atoms with Crippen LogP contribution in [0.15, 0.2) is 60.7 Å². The highest BCUT2D eigenvalue weighted by Gasteiger charge is 2.50. The second-order valence-electron chi connectivity index (χ2n) is 11.1. The van der Waals surface area contributed by atoms with Gasteiger partial charge in [-0.15, -0.1) is 0 Å². The molecule has 2 aliphatic rings. The molecule has 0 bridgehead atoms. The monoisotopic (exact) mass is 461 g/mol. The molecule has 4 nitrogen and oxygen atoms in total. The predicted octanol–water partition coefficient (Wildman–Crippen LogP) is 6.30. The van der Waals surface area contributed by atoms with Gasteiger partial charge in [-0.3, -0.25) is 9.69 Å². The van der Waals surface area contributed by atoms with Crippen molar-refractivity contribution < 1.29 is 14.1 Å². The Morgan fingerprint density at radius 1 is 0.853 bits per heavy atom. The van der Waals surface area contributed by atoms with E-state index in [1.54, 1.807) is 0 Å². The summed E-state index contributed by atoms with van der Waals surface area (Å²) in [6.07, 6.45) is 5.38. The molecule has 2 aromatic rings. The maximum atomic E-state index is 12.8. The van der Waals surface area contributed by atoms with Gasteiger partial charge < -0.3 is 9.31 Å². The van der Waals surface area contributed by atoms with E-state index in [-0.39, 0.29) is 24.2 Å². The fraction of sp³-hybridized carbons (Fsp3) is 0.552. The zero-order valence-electron chi connectivity index (χ0n) is 21.3. The van der Waals surface area contributed by atoms with Crippen molar-refractivity contribution in [2.24, 2.45) is 5.92 Å². The summed E-state index contributed by atoms with van der Waals surface area (Å²) in [5.41, 5.74) is 2.10. The number of rotatable bonds is 11. The number of Topliss-reactive ketones (excluding diaryl/α,β-unsaturated/α-hetero) is 1. The molecular weight excluding hydrogens is 421 g/mol. The number of nitrogens with zero attached hydrogens (tertiary/aromatic N) is 1. The minimum Gasteiger partial charge on any atom is -0.403 e. The van der Waals surface area contributed by atoms with Crippen LogP contribution in [0.3, 0.4) is 0 Å². The summed E-state index contributed by atoms with van der Waals surface area (Å²) in [6.45, 7) is 10.2. The molecule has 4 rings (SSSR count). The Morgan fingerprint density at radius 3 is 1.85 bits per heavy atom. The standard InChI is InChI=1S/C29H40BNO3/c1-28(2)29(3,4)34-30(33-28)18-12-11-17-27(32)25-19-26(20-25)31(21-23-13-7-5-8-14-23)22-24-15-9-6-10-16-24/h5-10,13-16,25-26H,11-12,17-22H2,1-4H3. The van der Waals surface area contributed by atoms with E-state index in [4.69, 9.17) is 9.31 Å². The van der Waals surface area contributed by atoms with Crippen molar-refractivity contribution in [2.45, 2.75) is 96.5 Å². The molecule has 0 N–H and O–H groups in total. The number of hydrogen-bond donors (Lipinski definition) is 0. The highest BCUT2D eigenvalue weighted by atomic mass is 16.7. The van der Waals surface area contributed by atoms with Gasteiger partial charge in [0.2, 0.25) is 0 Å². The highest BCUT2D eigenvalue weighted by Crippen LogP contribution is 2.38. The van der Waals surface area contributed by atoms with E-state index in [1.165, 1.54) is 11.1 Å². The number of carbonyl (C=O) groups is 1. The van der Waals surface area contributed by atoms with Crippen LogP contribution in [0.25, 0.3) is 0 Å². The maximum Gasteiger partial charge on any atom is 0.457 e. The minimum absolute atomic E-state index is 0.155. The van der Waals surface area contributed by atoms with Gasteiger partial charge >= 0.3 is 7.12 Å². The van der Waals surface area contributed by atoms with Gasteiger partial charge in [0.05, 0.1) is 11.2 Å². The Morgan fingerprint density at radius 2 is 1.35 bits per heavy atom. The lowest BCUT2D eigenvalue weighted by Gasteiger charge is -2.42. The molecule has 1 aliphatic heterocycles. The van der Waals surface area contributed by atoms with Crippen LogP contribution in [0.1, 0.15) is 70.9 Å². The van der Waals surface area contributed by atoms with E-state index in [0.29, 0.717) is 18.2 Å². The van der Waals surface area contributed by atoms with E-state index in [1.807, 2.05) is 0 Å². The molecule has 0 atom stereocenters. The van der Waals surface area contributed by atoms with Gasteiger partial charge in [-0.05, 0) is 64.4 Å². The lowest BCUT2D eigenvalue weighted by Crippen LogP contribution is -2.46. The molecule has 5 heteroatoms. The van der Waals surface area contributed by atoms with Crippen molar-refractivity contribution in [3.8, 4) is 0 Å². The first-order valence-corrected chi connectivity index (χ1v) is 12.9. The molecule has 0 spiro atoms. The lowest BCUT2D eigenvalue weighted by atomic mass is 9.74. The third-order valence-electron chi connectivity index (χ3n) is 7.96. The Kier molecular flexibility index (Phi) is 7.96. The Labute approximate surface area is 206 Å². The zero-order valence-corrected chi connectivity index (χ0v) is 21.3. The summed E-state index contributed by atoms with van der Waals surface area (Å²) in [4.78, 5) is 15.4. The molecule has 0 radical (unpaired) electrons. The van der Waals surface area contributed by atoms with Crippen molar-refractivity contribution in [3.05, 3.63) is 71.8 Å². The first kappa shape index (κ1) is 25.2. The smallest absolute Gasteiger partial charge is 0.403 e. The molecule has 0 unspecified atom stereocenters. The van der Waals surface area contributed by atoms with E-state index in [9.17, 15) is 4.79 Å². The molecule has 2 aromatic carbocycles. The van der Waals surface area contributed by atoms with Gasteiger partial charge in [0.25, 0.3) is 0 Å². The maximum absolute atomic E-state index is 12.8. The fourth-order valence-corrected chi connectivity index (χ4v) is 5.00. The molecule has 34 heavy (non-hydrogen) atoms. The Hall–Kier alpha value is -1.95. The summed E-state index contributed by atoms with van der Waals surface area (Å²) >= 11 is 0. The Bertz CT molecular complexity index is 867. The van der Waals surface area contributed by atoms with Gasteiger partial charge in [-0.2, -0.15) is 0 Å². The lowest BCUT2D eigenvalue weighted by molar-refractivity contribution is -0.128. The number of unbranched alkanes of at least 4 members (excludes halogenated alkanes) is 1. The van der Waals surface area contributed by atoms with Gasteiger partial charge in [0.1, 0.15) is 5.78 Å². The summed E-state index contributed by atoms with van der Waals surface area (Å²) in [5.74, 6) is 0.653. The summed E-state index contributed by atoms with van der Waals surface area (Å²) < 4.78 is 12.2. The van der Waals surface area contributed by atoms with Gasteiger partial charge in [-0.25, -0.2) is 0 Å². The van der Waals surface area contributed by atoms with Gasteiger partial charge in [0, 0.05) is 31.5 Å². The van der Waals surface area contributed by atoms with E-state index in [0.717, 1.165) is 45.1 Å². The van der Waals surface area contributed by atoms with Crippen molar-refractivity contribution >= 4 is 12.9 Å². The van der Waals surface area contributed by atoms with Gasteiger partial charge in [-0.1, -0.05) is 67.1 Å². The van der Waals surface area contributed by atoms with E-state index in [2.05, 4.69) is 93.3 Å². The van der Waals surface area contributed by atoms with Crippen LogP contribution < -0.4 is 0 Å². The summed E-state index contributed by atoms with van der Waals surface area (Å²) in [6, 6.07) is 21.8. The van der Waals surface area contributed by atoms with Crippen molar-refractivity contribution in [1.29, 1.82) is 0 Å². The number of carbonyl (C=O) groups excluding carboxylic acids is 1. The Balaban J connectivity index is 1.22. The largest absolute Gasteiger partial charge is 0.457 e. The van der Waals surface area contributed by atoms with Crippen LogP contribution in [-0.2, 0) is 27.2 Å². The number of benzene rings is 2. The van der Waals surface area contributed by atoms with Crippen LogP contribution >= 0.6 is 0 Å². The molecule has 0 amide bonds. The van der Waals surface area contributed by atoms with Crippen molar-refractivity contribution in [3.63, 3.8) is 0 Å². The molecule has 0 aromatic heterocycles. The SMILES string of the molecule is CC1(C)OB(CCCCC(=O)C2CC(N(Cc3ccccc3)Cc3ccccc3)C2)OC1(C)C. The predicted molar refractivity (Wildman–Crippen MR) is 138 cm³/mol. The van der Waals surface area contributed by atoms with Crippen LogP contribution in [0.5, 0.6) is 0 Å². The first-order chi connectivity index (χ1) is 16.2. The molecule has 2 fully saturated rings. The molecule has 1 aliphatic carbocycles. The topological polar surface area (TPSA) is 38.8 Å². The second kappa shape index (κ2) is 10.8. The quantitative estimate of drug-likeness (QED) is 0.291. The number of hydrogen-bond acceptors (Lipinski definition) is 4. The molecular formula is C29H40BNO3. The van der Waals surface area contributed by atoms with Crippen LogP contribution in [0, 0.1) is 5.92 Å². The van der Waals surface area contributed by atoms with Crippen molar-refractivity contribution in [1.82, 2.24) is 4.90 Å². The summed E-state index contributed by atoms with van der Waals surface area (Å²) in [7, 11) is -0.155. The van der Waals surface area contributed by atoms with E-state index < -0.39 is 0 Å². The molecule has 1 saturated carbocycles. The van der Waals surface area contributed by atoms with Crippen LogP contribution in [0.4, 0.5) is 0 Å². The minimum atomic E-state index is -0.278. The average molecular weight is 461 g/mol. The third kappa shape index (κ3) is 6.18. The first-order valence-electron chi connectivity index (χ1n) is 12.9. The molecule has 182 valence electrons. The highest BCUT2D eigenvalue weighted by molar-refractivity contribution is 6.45. The average Bonchev–Trinajstić information content (AvgIpc) is 2.97. The van der Waals surface area contributed by atoms with Gasteiger partial charge in [0.15, 0.2) is 0 Å². The third-order valence-corrected chi connectivity index (χ3v) is 7.96. The summed E-state index contributed by atoms with van der Waals surface area (Å²) in [5, 5.41) is 0. The van der Waals surface area contributed by atoms with E-state index >= 15 is 0 Å². The van der Waals surface area contributed by atoms with Crippen LogP contribution in [0.2, 0.25) is 6.32 Å². The number of ketones is 1. The normalized spacial score (nSPS) is 23.1. The fourth-order valence-electron chi connectivity index (χ4n) is 5.00. The van der Waals surface area contributed by atoms with Crippen molar-refractivity contribution in [2.75, 3.05) is 0 Å². The molecule has 1 saturated heterocycles. The zero-order chi connectivity index (χ0) is 24.2. The van der Waals surface area contributed by atoms with Crippen LogP contribution in [-0.4, -0.2) is 35.0 Å². The molecule has 1 heterocycles.